The number of hydrogen-bond acceptors (Lipinski definition) is 3. The molecule has 0 aromatic heterocycles. The van der Waals surface area contributed by atoms with Crippen LogP contribution in [0.15, 0.2) is 24.3 Å². The minimum Gasteiger partial charge on any atom is -0.497 e. The molecule has 0 saturated carbocycles. The van der Waals surface area contributed by atoms with Crippen molar-refractivity contribution in [3.8, 4) is 5.75 Å². The Morgan fingerprint density at radius 1 is 1.15 bits per heavy atom. The van der Waals surface area contributed by atoms with Crippen molar-refractivity contribution in [2.45, 2.75) is 45.6 Å². The number of ether oxygens (including phenoxy) is 2. The van der Waals surface area contributed by atoms with Crippen molar-refractivity contribution < 1.29 is 9.47 Å². The smallest absolute Gasteiger partial charge is 0.119 e. The van der Waals surface area contributed by atoms with E-state index in [4.69, 9.17) is 9.47 Å². The van der Waals surface area contributed by atoms with E-state index >= 15 is 0 Å². The maximum absolute atomic E-state index is 6.06. The molecule has 0 aliphatic carbocycles. The van der Waals surface area contributed by atoms with E-state index in [-0.39, 0.29) is 6.10 Å². The van der Waals surface area contributed by atoms with Crippen LogP contribution in [0.4, 0.5) is 0 Å². The Kier molecular flexibility index (Phi) is 9.09. The molecule has 20 heavy (non-hydrogen) atoms. The molecule has 1 aromatic carbocycles. The van der Waals surface area contributed by atoms with Gasteiger partial charge < -0.3 is 14.8 Å². The summed E-state index contributed by atoms with van der Waals surface area (Å²) in [6.07, 6.45) is 5.05. The highest BCUT2D eigenvalue weighted by Crippen LogP contribution is 2.22. The highest BCUT2D eigenvalue weighted by atomic mass is 16.5. The Morgan fingerprint density at radius 2 is 2.00 bits per heavy atom. The minimum absolute atomic E-state index is 0.103. The summed E-state index contributed by atoms with van der Waals surface area (Å²) in [6.45, 7) is 6.97. The summed E-state index contributed by atoms with van der Waals surface area (Å²) in [5, 5.41) is 3.37. The third-order valence-electron chi connectivity index (χ3n) is 3.36. The predicted octanol–water partition coefficient (Wildman–Crippen LogP) is 3.94. The van der Waals surface area contributed by atoms with Crippen molar-refractivity contribution in [3.05, 3.63) is 29.8 Å². The van der Waals surface area contributed by atoms with E-state index in [9.17, 15) is 0 Å². The highest BCUT2D eigenvalue weighted by Gasteiger charge is 2.12. The minimum atomic E-state index is 0.103. The van der Waals surface area contributed by atoms with Crippen molar-refractivity contribution in [3.63, 3.8) is 0 Å². The molecule has 0 aliphatic rings. The van der Waals surface area contributed by atoms with Gasteiger partial charge in [0.15, 0.2) is 0 Å². The molecule has 1 atom stereocenters. The Bertz CT molecular complexity index is 355. The third kappa shape index (κ3) is 6.40. The summed E-state index contributed by atoms with van der Waals surface area (Å²) in [4.78, 5) is 0. The van der Waals surface area contributed by atoms with Crippen LogP contribution < -0.4 is 10.1 Å². The van der Waals surface area contributed by atoms with Gasteiger partial charge in [0.1, 0.15) is 5.75 Å². The SMILES string of the molecule is CCCCCCOC(CNCC)c1cccc(OC)c1. The van der Waals surface area contributed by atoms with Crippen LogP contribution in [0, 0.1) is 0 Å². The zero-order chi connectivity index (χ0) is 14.6. The molecule has 0 heterocycles. The van der Waals surface area contributed by atoms with Crippen LogP contribution in [0.3, 0.4) is 0 Å². The van der Waals surface area contributed by atoms with Gasteiger partial charge in [0.25, 0.3) is 0 Å². The molecule has 1 unspecified atom stereocenters. The van der Waals surface area contributed by atoms with Crippen LogP contribution in [0.5, 0.6) is 5.75 Å². The molecule has 1 rings (SSSR count). The molecule has 0 radical (unpaired) electrons. The molecule has 114 valence electrons. The molecule has 0 fully saturated rings. The quantitative estimate of drug-likeness (QED) is 0.622. The summed E-state index contributed by atoms with van der Waals surface area (Å²) in [5.41, 5.74) is 1.18. The highest BCUT2D eigenvalue weighted by molar-refractivity contribution is 5.30. The molecular weight excluding hydrogens is 250 g/mol. The number of benzene rings is 1. The van der Waals surface area contributed by atoms with Gasteiger partial charge in [-0.05, 0) is 30.7 Å². The average Bonchev–Trinajstić information content (AvgIpc) is 2.50. The van der Waals surface area contributed by atoms with Gasteiger partial charge in [-0.2, -0.15) is 0 Å². The van der Waals surface area contributed by atoms with Crippen LogP contribution in [0.1, 0.15) is 51.2 Å². The zero-order valence-corrected chi connectivity index (χ0v) is 13.2. The van der Waals surface area contributed by atoms with Crippen molar-refractivity contribution >= 4 is 0 Å². The van der Waals surface area contributed by atoms with Gasteiger partial charge in [-0.25, -0.2) is 0 Å². The first kappa shape index (κ1) is 17.0. The first-order valence-electron chi connectivity index (χ1n) is 7.78. The standard InChI is InChI=1S/C17H29NO2/c1-4-6-7-8-12-20-17(14-18-5-2)15-10-9-11-16(13-15)19-3/h9-11,13,17-18H,4-8,12,14H2,1-3H3. The van der Waals surface area contributed by atoms with Crippen LogP contribution in [-0.4, -0.2) is 26.8 Å². The number of nitrogens with one attached hydrogen (secondary N) is 1. The van der Waals surface area contributed by atoms with Gasteiger partial charge in [0, 0.05) is 13.2 Å². The maximum Gasteiger partial charge on any atom is 0.119 e. The lowest BCUT2D eigenvalue weighted by molar-refractivity contribution is 0.0501. The second-order valence-electron chi connectivity index (χ2n) is 5.00. The van der Waals surface area contributed by atoms with E-state index in [1.54, 1.807) is 7.11 Å². The molecule has 0 aliphatic heterocycles. The zero-order valence-electron chi connectivity index (χ0n) is 13.2. The van der Waals surface area contributed by atoms with Crippen molar-refractivity contribution in [1.29, 1.82) is 0 Å². The number of rotatable bonds is 11. The van der Waals surface area contributed by atoms with E-state index in [0.29, 0.717) is 0 Å². The van der Waals surface area contributed by atoms with Crippen molar-refractivity contribution in [1.82, 2.24) is 5.32 Å². The Morgan fingerprint density at radius 3 is 2.70 bits per heavy atom. The number of methoxy groups -OCH3 is 1. The van der Waals surface area contributed by atoms with Crippen LogP contribution in [-0.2, 0) is 4.74 Å². The lowest BCUT2D eigenvalue weighted by Gasteiger charge is -2.19. The topological polar surface area (TPSA) is 30.5 Å². The summed E-state index contributed by atoms with van der Waals surface area (Å²) >= 11 is 0. The Labute approximate surface area is 123 Å². The van der Waals surface area contributed by atoms with Gasteiger partial charge in [-0.3, -0.25) is 0 Å². The summed E-state index contributed by atoms with van der Waals surface area (Å²) in [6, 6.07) is 8.16. The van der Waals surface area contributed by atoms with Gasteiger partial charge in [-0.15, -0.1) is 0 Å². The molecule has 0 saturated heterocycles. The first-order chi connectivity index (χ1) is 9.81. The average molecular weight is 279 g/mol. The molecular formula is C17H29NO2. The summed E-state index contributed by atoms with van der Waals surface area (Å²) in [7, 11) is 1.70. The molecule has 0 spiro atoms. The van der Waals surface area contributed by atoms with Gasteiger partial charge in [-0.1, -0.05) is 45.2 Å². The predicted molar refractivity (Wildman–Crippen MR) is 84.4 cm³/mol. The normalized spacial score (nSPS) is 12.3. The monoisotopic (exact) mass is 279 g/mol. The first-order valence-corrected chi connectivity index (χ1v) is 7.78. The van der Waals surface area contributed by atoms with Crippen LogP contribution in [0.25, 0.3) is 0 Å². The fourth-order valence-corrected chi connectivity index (χ4v) is 2.14. The number of hydrogen-bond donors (Lipinski definition) is 1. The summed E-state index contributed by atoms with van der Waals surface area (Å²) in [5.74, 6) is 0.888. The van der Waals surface area contributed by atoms with E-state index in [1.807, 2.05) is 12.1 Å². The Balaban J connectivity index is 2.53. The van der Waals surface area contributed by atoms with Gasteiger partial charge >= 0.3 is 0 Å². The molecule has 0 bridgehead atoms. The molecule has 1 aromatic rings. The van der Waals surface area contributed by atoms with Crippen molar-refractivity contribution in [2.75, 3.05) is 26.8 Å². The van der Waals surface area contributed by atoms with E-state index < -0.39 is 0 Å². The van der Waals surface area contributed by atoms with E-state index in [1.165, 1.54) is 24.8 Å². The lowest BCUT2D eigenvalue weighted by atomic mass is 10.1. The Hall–Kier alpha value is -1.06. The van der Waals surface area contributed by atoms with Crippen LogP contribution in [0.2, 0.25) is 0 Å². The fraction of sp³-hybridized carbons (Fsp3) is 0.647. The summed E-state index contributed by atoms with van der Waals surface area (Å²) < 4.78 is 11.3. The van der Waals surface area contributed by atoms with Gasteiger partial charge in [0.2, 0.25) is 0 Å². The molecule has 3 nitrogen and oxygen atoms in total. The third-order valence-corrected chi connectivity index (χ3v) is 3.36. The fourth-order valence-electron chi connectivity index (χ4n) is 2.14. The van der Waals surface area contributed by atoms with Gasteiger partial charge in [0.05, 0.1) is 13.2 Å². The molecule has 1 N–H and O–H groups in total. The van der Waals surface area contributed by atoms with Crippen molar-refractivity contribution in [2.24, 2.45) is 0 Å². The lowest BCUT2D eigenvalue weighted by Crippen LogP contribution is -2.23. The van der Waals surface area contributed by atoms with Crippen LogP contribution >= 0.6 is 0 Å². The number of unbranched alkanes of at least 4 members (excludes halogenated alkanes) is 3. The number of likely N-dealkylation sites (N-methyl/N-ethyl adjacent to an activating group) is 1. The largest absolute Gasteiger partial charge is 0.497 e. The molecule has 0 amide bonds. The maximum atomic E-state index is 6.06. The molecule has 3 heteroatoms. The second kappa shape index (κ2) is 10.7. The van der Waals surface area contributed by atoms with E-state index in [2.05, 4.69) is 31.3 Å². The second-order valence-corrected chi connectivity index (χ2v) is 5.00. The van der Waals surface area contributed by atoms with E-state index in [0.717, 1.165) is 31.9 Å².